The first kappa shape index (κ1) is 31.1. The highest BCUT2D eigenvalue weighted by Crippen LogP contribution is 2.38. The molecule has 9 heteroatoms. The molecule has 0 fully saturated rings. The quantitative estimate of drug-likeness (QED) is 0.212. The number of aromatic nitrogens is 1. The van der Waals surface area contributed by atoms with E-state index in [2.05, 4.69) is 6.07 Å². The first-order valence-corrected chi connectivity index (χ1v) is 15.9. The number of benzene rings is 4. The van der Waals surface area contributed by atoms with Crippen LogP contribution in [0.1, 0.15) is 35.1 Å². The molecular formula is C38H31N3O5S. The van der Waals surface area contributed by atoms with Crippen LogP contribution in [0.4, 0.5) is 0 Å². The second kappa shape index (κ2) is 14.1. The van der Waals surface area contributed by atoms with Crippen LogP contribution in [0.3, 0.4) is 0 Å². The molecule has 6 rings (SSSR count). The van der Waals surface area contributed by atoms with E-state index in [0.29, 0.717) is 45.0 Å². The number of hydrogen-bond donors (Lipinski definition) is 1. The summed E-state index contributed by atoms with van der Waals surface area (Å²) in [4.78, 5) is 27.6. The molecule has 1 atom stereocenters. The van der Waals surface area contributed by atoms with Gasteiger partial charge in [0, 0.05) is 5.56 Å². The molecule has 2 heterocycles. The molecule has 8 nitrogen and oxygen atoms in total. The average Bonchev–Trinajstić information content (AvgIpc) is 3.43. The van der Waals surface area contributed by atoms with E-state index in [9.17, 15) is 14.9 Å². The van der Waals surface area contributed by atoms with Crippen molar-refractivity contribution in [2.45, 2.75) is 26.1 Å². The maximum absolute atomic E-state index is 13.9. The molecule has 5 aromatic rings. The number of nitrogens with zero attached hydrogens (tertiary/aromatic N) is 2. The van der Waals surface area contributed by atoms with Gasteiger partial charge in [-0.1, -0.05) is 91.0 Å². The molecule has 1 aliphatic rings. The standard InChI is InChI=1S/C38H31N3O5S/c1-2-44-38(43)34-33(28-17-11-18-29(20-28)45-23-25-12-5-3-6-13-25)30(22-39)35(40)41-36(42)32(47-37(34)41)21-27-16-9-10-19-31(27)46-24-26-14-7-4-8-15-26/h3-21,33H,2,23-24,40H2,1H3/b32-21-/t33-/m1/s1. The Kier molecular flexibility index (Phi) is 9.32. The summed E-state index contributed by atoms with van der Waals surface area (Å²) in [6, 6.07) is 36.3. The third-order valence-electron chi connectivity index (χ3n) is 7.65. The number of para-hydroxylation sites is 1. The molecule has 1 aliphatic heterocycles. The number of nitriles is 1. The van der Waals surface area contributed by atoms with E-state index < -0.39 is 17.4 Å². The Balaban J connectivity index is 1.46. The summed E-state index contributed by atoms with van der Waals surface area (Å²) >= 11 is 1.12. The summed E-state index contributed by atoms with van der Waals surface area (Å²) in [6.45, 7) is 2.50. The van der Waals surface area contributed by atoms with E-state index in [1.54, 1.807) is 31.2 Å². The lowest BCUT2D eigenvalue weighted by atomic mass is 9.84. The van der Waals surface area contributed by atoms with Crippen molar-refractivity contribution in [2.75, 3.05) is 6.61 Å². The normalized spacial score (nSPS) is 14.3. The van der Waals surface area contributed by atoms with Crippen LogP contribution in [0.5, 0.6) is 11.5 Å². The average molecular weight is 642 g/mol. The van der Waals surface area contributed by atoms with E-state index in [4.69, 9.17) is 19.9 Å². The molecular weight excluding hydrogens is 611 g/mol. The number of esters is 1. The predicted octanol–water partition coefficient (Wildman–Crippen LogP) is 5.06. The lowest BCUT2D eigenvalue weighted by Gasteiger charge is -2.25. The highest BCUT2D eigenvalue weighted by molar-refractivity contribution is 7.07. The first-order valence-electron chi connectivity index (χ1n) is 15.1. The molecule has 0 radical (unpaired) electrons. The number of thiazole rings is 1. The smallest absolute Gasteiger partial charge is 0.338 e. The fourth-order valence-corrected chi connectivity index (χ4v) is 6.58. The van der Waals surface area contributed by atoms with Crippen molar-refractivity contribution in [1.82, 2.24) is 4.57 Å². The molecule has 0 spiro atoms. The lowest BCUT2D eigenvalue weighted by molar-refractivity contribution is -0.136. The summed E-state index contributed by atoms with van der Waals surface area (Å²) in [7, 11) is 0. The monoisotopic (exact) mass is 641 g/mol. The van der Waals surface area contributed by atoms with Gasteiger partial charge in [-0.2, -0.15) is 5.26 Å². The minimum Gasteiger partial charge on any atom is -0.489 e. The van der Waals surface area contributed by atoms with Gasteiger partial charge in [0.15, 0.2) is 0 Å². The van der Waals surface area contributed by atoms with Crippen molar-refractivity contribution in [3.63, 3.8) is 0 Å². The number of carbonyl (C=O) groups excluding carboxylic acids is 1. The van der Waals surface area contributed by atoms with Crippen molar-refractivity contribution in [1.29, 1.82) is 5.26 Å². The van der Waals surface area contributed by atoms with Crippen LogP contribution in [0.15, 0.2) is 120 Å². The van der Waals surface area contributed by atoms with Crippen molar-refractivity contribution < 1.29 is 19.0 Å². The molecule has 4 aromatic carbocycles. The summed E-state index contributed by atoms with van der Waals surface area (Å²) in [6.07, 6.45) is 1.72. The second-order valence-electron chi connectivity index (χ2n) is 10.7. The van der Waals surface area contributed by atoms with Gasteiger partial charge in [-0.3, -0.25) is 9.36 Å². The first-order chi connectivity index (χ1) is 23.0. The third kappa shape index (κ3) is 6.59. The van der Waals surface area contributed by atoms with E-state index in [1.807, 2.05) is 91.0 Å². The van der Waals surface area contributed by atoms with Gasteiger partial charge < -0.3 is 19.9 Å². The van der Waals surface area contributed by atoms with Gasteiger partial charge >= 0.3 is 5.97 Å². The van der Waals surface area contributed by atoms with Crippen molar-refractivity contribution >= 4 is 34.8 Å². The second-order valence-corrected chi connectivity index (χ2v) is 11.7. The zero-order valence-corrected chi connectivity index (χ0v) is 26.4. The summed E-state index contributed by atoms with van der Waals surface area (Å²) in [5.41, 5.74) is 9.64. The number of hydrogen-bond acceptors (Lipinski definition) is 8. The van der Waals surface area contributed by atoms with Crippen LogP contribution in [0, 0.1) is 11.3 Å². The maximum atomic E-state index is 13.9. The van der Waals surface area contributed by atoms with Gasteiger partial charge in [-0.05, 0) is 47.9 Å². The number of allylic oxidation sites excluding steroid dienone is 1. The molecule has 1 aromatic heterocycles. The highest BCUT2D eigenvalue weighted by atomic mass is 32.1. The van der Waals surface area contributed by atoms with E-state index in [0.717, 1.165) is 22.5 Å². The predicted molar refractivity (Wildman–Crippen MR) is 182 cm³/mol. The molecule has 0 amide bonds. The fourth-order valence-electron chi connectivity index (χ4n) is 5.42. The Bertz CT molecular complexity index is 2180. The van der Waals surface area contributed by atoms with Crippen LogP contribution < -0.4 is 30.0 Å². The number of rotatable bonds is 10. The number of fused-ring (bicyclic) bond motifs is 1. The Morgan fingerprint density at radius 1 is 0.915 bits per heavy atom. The van der Waals surface area contributed by atoms with Crippen molar-refractivity contribution in [3.8, 4) is 17.6 Å². The minimum absolute atomic E-state index is 0.0364. The van der Waals surface area contributed by atoms with Gasteiger partial charge in [0.05, 0.1) is 34.3 Å². The molecule has 0 bridgehead atoms. The van der Waals surface area contributed by atoms with Crippen LogP contribution in [-0.2, 0) is 22.7 Å². The zero-order valence-electron chi connectivity index (χ0n) is 25.6. The molecule has 0 saturated carbocycles. The van der Waals surface area contributed by atoms with Crippen molar-refractivity contribution in [2.24, 2.45) is 5.73 Å². The van der Waals surface area contributed by atoms with Gasteiger partial charge in [-0.15, -0.1) is 11.3 Å². The minimum atomic E-state index is -0.883. The number of carbonyl (C=O) groups is 1. The van der Waals surface area contributed by atoms with Crippen molar-refractivity contribution in [3.05, 3.63) is 157 Å². The highest BCUT2D eigenvalue weighted by Gasteiger charge is 2.36. The summed E-state index contributed by atoms with van der Waals surface area (Å²) in [5, 5.41) is 10.4. The maximum Gasteiger partial charge on any atom is 0.338 e. The molecule has 0 unspecified atom stereocenters. The fraction of sp³-hybridized carbons (Fsp3) is 0.132. The summed E-state index contributed by atoms with van der Waals surface area (Å²) in [5.74, 6) is -0.410. The Hall–Kier alpha value is -5.85. The molecule has 0 aliphatic carbocycles. The third-order valence-corrected chi connectivity index (χ3v) is 8.75. The molecule has 0 saturated heterocycles. The van der Waals surface area contributed by atoms with Gasteiger partial charge in [0.2, 0.25) is 0 Å². The number of nitrogens with two attached hydrogens (primary N) is 1. The van der Waals surface area contributed by atoms with Crippen LogP contribution in [0.25, 0.3) is 17.5 Å². The zero-order chi connectivity index (χ0) is 32.8. The Labute approximate surface area is 275 Å². The Morgan fingerprint density at radius 3 is 2.26 bits per heavy atom. The van der Waals surface area contributed by atoms with Crippen LogP contribution in [-0.4, -0.2) is 17.1 Å². The SMILES string of the molecule is CCOC(=O)C1=c2s/c(=C\c3ccccc3OCc3ccccc3)c(=O)n2C(N)=C(C#N)[C@H]1c1cccc(OCc2ccccc2)c1. The van der Waals surface area contributed by atoms with Gasteiger partial charge in [0.25, 0.3) is 5.56 Å². The van der Waals surface area contributed by atoms with Crippen LogP contribution >= 0.6 is 11.3 Å². The van der Waals surface area contributed by atoms with Crippen LogP contribution in [0.2, 0.25) is 0 Å². The van der Waals surface area contributed by atoms with E-state index >= 15 is 0 Å². The van der Waals surface area contributed by atoms with Gasteiger partial charge in [0.1, 0.15) is 35.2 Å². The number of ether oxygens (including phenoxy) is 3. The van der Waals surface area contributed by atoms with E-state index in [1.165, 1.54) is 4.57 Å². The Morgan fingerprint density at radius 2 is 1.57 bits per heavy atom. The topological polar surface area (TPSA) is 117 Å². The molecule has 47 heavy (non-hydrogen) atoms. The largest absolute Gasteiger partial charge is 0.489 e. The molecule has 234 valence electrons. The van der Waals surface area contributed by atoms with Gasteiger partial charge in [-0.25, -0.2) is 4.79 Å². The van der Waals surface area contributed by atoms with E-state index in [-0.39, 0.29) is 23.6 Å². The summed E-state index contributed by atoms with van der Waals surface area (Å²) < 4.78 is 19.5. The lowest BCUT2D eigenvalue weighted by Crippen LogP contribution is -2.40. The molecule has 2 N–H and O–H groups in total.